The molecule has 6 nitrogen and oxygen atoms in total. The van der Waals surface area contributed by atoms with Crippen molar-refractivity contribution in [2.24, 2.45) is 0 Å². The molecule has 1 saturated heterocycles. The van der Waals surface area contributed by atoms with E-state index in [0.717, 1.165) is 44.0 Å². The normalized spacial score (nSPS) is 19.2. The van der Waals surface area contributed by atoms with E-state index >= 15 is 0 Å². The van der Waals surface area contributed by atoms with Crippen molar-refractivity contribution in [3.8, 4) is 0 Å². The highest BCUT2D eigenvalue weighted by Gasteiger charge is 2.23. The highest BCUT2D eigenvalue weighted by atomic mass is 19.1. The topological polar surface area (TPSA) is 75.5 Å². The number of nitro benzene ring substituents is 1. The van der Waals surface area contributed by atoms with Crippen LogP contribution in [0.15, 0.2) is 18.2 Å². The van der Waals surface area contributed by atoms with E-state index in [1.807, 2.05) is 7.05 Å². The lowest BCUT2D eigenvalue weighted by molar-refractivity contribution is -0.385. The fourth-order valence-corrected chi connectivity index (χ4v) is 2.56. The van der Waals surface area contributed by atoms with Crippen LogP contribution in [0.5, 0.6) is 0 Å². The maximum atomic E-state index is 13.2. The molecule has 1 aliphatic rings. The molecule has 1 aromatic carbocycles. The van der Waals surface area contributed by atoms with Crippen molar-refractivity contribution in [1.29, 1.82) is 0 Å². The molecule has 1 unspecified atom stereocenters. The van der Waals surface area contributed by atoms with Gasteiger partial charge in [-0.15, -0.1) is 0 Å². The van der Waals surface area contributed by atoms with Gasteiger partial charge in [0.2, 0.25) is 0 Å². The Morgan fingerprint density at radius 1 is 1.52 bits per heavy atom. The SMILES string of the molecule is CN1CCCCC1CNC(=O)c1cc(F)ccc1[N+](=O)[O-]. The van der Waals surface area contributed by atoms with Gasteiger partial charge in [-0.1, -0.05) is 6.42 Å². The average Bonchev–Trinajstić information content (AvgIpc) is 2.45. The number of nitro groups is 1. The van der Waals surface area contributed by atoms with Crippen LogP contribution < -0.4 is 5.32 Å². The molecule has 0 radical (unpaired) electrons. The zero-order chi connectivity index (χ0) is 15.4. The zero-order valence-corrected chi connectivity index (χ0v) is 11.8. The molecule has 0 aromatic heterocycles. The predicted octanol–water partition coefficient (Wildman–Crippen LogP) is 1.95. The first-order valence-electron chi connectivity index (χ1n) is 6.91. The zero-order valence-electron chi connectivity index (χ0n) is 11.8. The lowest BCUT2D eigenvalue weighted by atomic mass is 10.0. The van der Waals surface area contributed by atoms with Crippen LogP contribution in [0.4, 0.5) is 10.1 Å². The molecule has 7 heteroatoms. The van der Waals surface area contributed by atoms with Crippen LogP contribution in [0.25, 0.3) is 0 Å². The van der Waals surface area contributed by atoms with E-state index in [4.69, 9.17) is 0 Å². The van der Waals surface area contributed by atoms with E-state index in [9.17, 15) is 19.3 Å². The van der Waals surface area contributed by atoms with E-state index in [0.29, 0.717) is 6.54 Å². The number of piperidine rings is 1. The van der Waals surface area contributed by atoms with Crippen LogP contribution >= 0.6 is 0 Å². The molecule has 1 N–H and O–H groups in total. The van der Waals surface area contributed by atoms with Gasteiger partial charge in [0.1, 0.15) is 11.4 Å². The molecule has 1 aromatic rings. The monoisotopic (exact) mass is 295 g/mol. The summed E-state index contributed by atoms with van der Waals surface area (Å²) in [5, 5.41) is 13.6. The first-order chi connectivity index (χ1) is 9.99. The standard InChI is InChI=1S/C14H18FN3O3/c1-17-7-3-2-4-11(17)9-16-14(19)12-8-10(15)5-6-13(12)18(20)21/h5-6,8,11H,2-4,7,9H2,1H3,(H,16,19). The molecule has 1 fully saturated rings. The smallest absolute Gasteiger partial charge is 0.282 e. The number of carbonyl (C=O) groups is 1. The summed E-state index contributed by atoms with van der Waals surface area (Å²) >= 11 is 0. The highest BCUT2D eigenvalue weighted by molar-refractivity contribution is 5.98. The van der Waals surface area contributed by atoms with Crippen molar-refractivity contribution in [2.45, 2.75) is 25.3 Å². The second-order valence-corrected chi connectivity index (χ2v) is 5.26. The Labute approximate surface area is 122 Å². The minimum Gasteiger partial charge on any atom is -0.350 e. The molecule has 21 heavy (non-hydrogen) atoms. The third kappa shape index (κ3) is 3.75. The van der Waals surface area contributed by atoms with Crippen LogP contribution in [-0.2, 0) is 0 Å². The Morgan fingerprint density at radius 2 is 2.29 bits per heavy atom. The molecule has 2 rings (SSSR count). The summed E-state index contributed by atoms with van der Waals surface area (Å²) < 4.78 is 13.2. The number of amides is 1. The highest BCUT2D eigenvalue weighted by Crippen LogP contribution is 2.20. The molecular formula is C14H18FN3O3. The molecule has 0 spiro atoms. The lowest BCUT2D eigenvalue weighted by Crippen LogP contribution is -2.44. The van der Waals surface area contributed by atoms with Crippen molar-refractivity contribution in [3.63, 3.8) is 0 Å². The number of nitrogens with zero attached hydrogens (tertiary/aromatic N) is 2. The fourth-order valence-electron chi connectivity index (χ4n) is 2.56. The Bertz CT molecular complexity index is 550. The van der Waals surface area contributed by atoms with Crippen LogP contribution in [0, 0.1) is 15.9 Å². The summed E-state index contributed by atoms with van der Waals surface area (Å²) in [7, 11) is 1.99. The van der Waals surface area contributed by atoms with Crippen LogP contribution in [0.3, 0.4) is 0 Å². The van der Waals surface area contributed by atoms with Crippen LogP contribution in [0.2, 0.25) is 0 Å². The number of likely N-dealkylation sites (N-methyl/N-ethyl adjacent to an activating group) is 1. The summed E-state index contributed by atoms with van der Waals surface area (Å²) in [6.07, 6.45) is 3.21. The van der Waals surface area contributed by atoms with Gasteiger partial charge in [0.25, 0.3) is 11.6 Å². The molecule has 1 aliphatic heterocycles. The minimum atomic E-state index is -0.679. The Hall–Kier alpha value is -2.02. The van der Waals surface area contributed by atoms with E-state index in [2.05, 4.69) is 10.2 Å². The van der Waals surface area contributed by atoms with Gasteiger partial charge < -0.3 is 10.2 Å². The Balaban J connectivity index is 2.06. The predicted molar refractivity (Wildman–Crippen MR) is 75.7 cm³/mol. The molecule has 0 bridgehead atoms. The van der Waals surface area contributed by atoms with E-state index in [-0.39, 0.29) is 17.3 Å². The number of hydrogen-bond donors (Lipinski definition) is 1. The van der Waals surface area contributed by atoms with Crippen molar-refractivity contribution in [2.75, 3.05) is 20.1 Å². The van der Waals surface area contributed by atoms with E-state index in [1.54, 1.807) is 0 Å². The van der Waals surface area contributed by atoms with Crippen molar-refractivity contribution >= 4 is 11.6 Å². The molecular weight excluding hydrogens is 277 g/mol. The van der Waals surface area contributed by atoms with Crippen molar-refractivity contribution < 1.29 is 14.1 Å². The quantitative estimate of drug-likeness (QED) is 0.680. The molecule has 1 atom stereocenters. The van der Waals surface area contributed by atoms with Gasteiger partial charge in [0, 0.05) is 18.7 Å². The third-order valence-corrected chi connectivity index (χ3v) is 3.82. The second-order valence-electron chi connectivity index (χ2n) is 5.26. The summed E-state index contributed by atoms with van der Waals surface area (Å²) in [4.78, 5) is 24.4. The Kier molecular flexibility index (Phi) is 4.85. The summed E-state index contributed by atoms with van der Waals surface area (Å²) in [5.41, 5.74) is -0.621. The van der Waals surface area contributed by atoms with E-state index in [1.165, 1.54) is 0 Å². The number of benzene rings is 1. The Morgan fingerprint density at radius 3 is 2.95 bits per heavy atom. The maximum Gasteiger partial charge on any atom is 0.282 e. The van der Waals surface area contributed by atoms with Gasteiger partial charge in [-0.05, 0) is 38.6 Å². The first-order valence-corrected chi connectivity index (χ1v) is 6.91. The van der Waals surface area contributed by atoms with Gasteiger partial charge in [-0.2, -0.15) is 0 Å². The number of hydrogen-bond acceptors (Lipinski definition) is 4. The van der Waals surface area contributed by atoms with Gasteiger partial charge in [0.05, 0.1) is 4.92 Å². The van der Waals surface area contributed by atoms with Crippen molar-refractivity contribution in [3.05, 3.63) is 39.7 Å². The second kappa shape index (κ2) is 6.62. The number of carbonyl (C=O) groups excluding carboxylic acids is 1. The van der Waals surface area contributed by atoms with Crippen molar-refractivity contribution in [1.82, 2.24) is 10.2 Å². The minimum absolute atomic E-state index is 0.218. The fraction of sp³-hybridized carbons (Fsp3) is 0.500. The van der Waals surface area contributed by atoms with E-state index < -0.39 is 16.6 Å². The van der Waals surface area contributed by atoms with Gasteiger partial charge >= 0.3 is 0 Å². The number of nitrogens with one attached hydrogen (secondary N) is 1. The molecule has 1 amide bonds. The summed E-state index contributed by atoms with van der Waals surface area (Å²) in [6, 6.07) is 3.11. The molecule has 114 valence electrons. The van der Waals surface area contributed by atoms with Crippen LogP contribution in [0.1, 0.15) is 29.6 Å². The largest absolute Gasteiger partial charge is 0.350 e. The molecule has 1 heterocycles. The van der Waals surface area contributed by atoms with Gasteiger partial charge in [-0.25, -0.2) is 4.39 Å². The van der Waals surface area contributed by atoms with Gasteiger partial charge in [-0.3, -0.25) is 14.9 Å². The average molecular weight is 295 g/mol. The third-order valence-electron chi connectivity index (χ3n) is 3.82. The van der Waals surface area contributed by atoms with Gasteiger partial charge in [0.15, 0.2) is 0 Å². The molecule has 0 saturated carbocycles. The first kappa shape index (κ1) is 15.4. The number of halogens is 1. The molecule has 0 aliphatic carbocycles. The number of rotatable bonds is 4. The summed E-state index contributed by atoms with van der Waals surface area (Å²) in [5.74, 6) is -1.28. The maximum absolute atomic E-state index is 13.2. The lowest BCUT2D eigenvalue weighted by Gasteiger charge is -2.32. The number of likely N-dealkylation sites (tertiary alicyclic amines) is 1. The van der Waals surface area contributed by atoms with Crippen LogP contribution in [-0.4, -0.2) is 41.9 Å². The summed E-state index contributed by atoms with van der Waals surface area (Å²) in [6.45, 7) is 1.38.